The lowest BCUT2D eigenvalue weighted by molar-refractivity contribution is 0.190. The molecule has 0 aliphatic heterocycles. The average Bonchev–Trinajstić information content (AvgIpc) is 2.84. The van der Waals surface area contributed by atoms with E-state index in [0.29, 0.717) is 5.92 Å². The second kappa shape index (κ2) is 8.17. The van der Waals surface area contributed by atoms with E-state index in [1.807, 2.05) is 12.4 Å². The third kappa shape index (κ3) is 5.20. The van der Waals surface area contributed by atoms with Gasteiger partial charge in [-0.25, -0.2) is 4.98 Å². The molecule has 0 spiro atoms. The molecule has 110 valence electrons. The molecule has 1 aromatic heterocycles. The van der Waals surface area contributed by atoms with Crippen molar-refractivity contribution in [1.82, 2.24) is 9.55 Å². The molecule has 5 nitrogen and oxygen atoms in total. The minimum atomic E-state index is 0.249. The summed E-state index contributed by atoms with van der Waals surface area (Å²) < 4.78 is 7.25. The highest BCUT2D eigenvalue weighted by molar-refractivity contribution is 5.29. The number of rotatable bonds is 9. The maximum Gasteiger partial charge on any atom is 0.205 e. The molecule has 0 radical (unpaired) electrons. The van der Waals surface area contributed by atoms with Crippen LogP contribution in [0.3, 0.4) is 0 Å². The fourth-order valence-electron chi connectivity index (χ4n) is 1.97. The molecule has 1 atom stereocenters. The van der Waals surface area contributed by atoms with Gasteiger partial charge in [-0.15, -0.1) is 0 Å². The van der Waals surface area contributed by atoms with Crippen LogP contribution in [0.1, 0.15) is 26.7 Å². The van der Waals surface area contributed by atoms with E-state index in [-0.39, 0.29) is 6.04 Å². The van der Waals surface area contributed by atoms with E-state index in [4.69, 9.17) is 10.5 Å². The number of nitrogens with two attached hydrogens (primary N) is 1. The first-order chi connectivity index (χ1) is 9.06. The van der Waals surface area contributed by atoms with Crippen LogP contribution in [0, 0.1) is 5.92 Å². The Kier molecular flexibility index (Phi) is 6.87. The van der Waals surface area contributed by atoms with E-state index < -0.39 is 0 Å². The molecule has 0 aliphatic rings. The van der Waals surface area contributed by atoms with Crippen molar-refractivity contribution in [3.63, 3.8) is 0 Å². The van der Waals surface area contributed by atoms with Crippen LogP contribution >= 0.6 is 0 Å². The van der Waals surface area contributed by atoms with Gasteiger partial charge in [-0.3, -0.25) is 0 Å². The monoisotopic (exact) mass is 268 g/mol. The highest BCUT2D eigenvalue weighted by atomic mass is 16.5. The van der Waals surface area contributed by atoms with Gasteiger partial charge in [0.05, 0.1) is 0 Å². The molecule has 5 heteroatoms. The highest BCUT2D eigenvalue weighted by Gasteiger charge is 2.12. The van der Waals surface area contributed by atoms with Crippen LogP contribution in [-0.2, 0) is 11.3 Å². The molecule has 1 rings (SSSR count). The number of anilines is 1. The summed E-state index contributed by atoms with van der Waals surface area (Å²) in [6.45, 7) is 6.97. The van der Waals surface area contributed by atoms with Gasteiger partial charge in [-0.2, -0.15) is 0 Å². The Labute approximate surface area is 116 Å². The van der Waals surface area contributed by atoms with Gasteiger partial charge >= 0.3 is 0 Å². The third-order valence-electron chi connectivity index (χ3n) is 3.44. The third-order valence-corrected chi connectivity index (χ3v) is 3.44. The summed E-state index contributed by atoms with van der Waals surface area (Å²) in [6, 6.07) is 0.249. The van der Waals surface area contributed by atoms with Crippen molar-refractivity contribution in [2.45, 2.75) is 39.3 Å². The molecule has 1 aromatic rings. The first-order valence-corrected chi connectivity index (χ1v) is 7.03. The largest absolute Gasteiger partial charge is 0.385 e. The summed E-state index contributed by atoms with van der Waals surface area (Å²) >= 11 is 0. The van der Waals surface area contributed by atoms with Gasteiger partial charge in [0.15, 0.2) is 0 Å². The van der Waals surface area contributed by atoms with Gasteiger partial charge in [0, 0.05) is 52.3 Å². The van der Waals surface area contributed by atoms with Crippen LogP contribution in [-0.4, -0.2) is 42.9 Å². The SMILES string of the molecule is COCCCn1ccnc1N(C)CCC(N)C(C)C. The highest BCUT2D eigenvalue weighted by Crippen LogP contribution is 2.12. The van der Waals surface area contributed by atoms with Crippen LogP contribution in [0.5, 0.6) is 0 Å². The van der Waals surface area contributed by atoms with Crippen LogP contribution in [0.2, 0.25) is 0 Å². The standard InChI is InChI=1S/C14H28N4O/c1-12(2)13(15)6-9-17(3)14-16-7-10-18(14)8-5-11-19-4/h7,10,12-13H,5-6,8-9,11,15H2,1-4H3. The molecule has 2 N–H and O–H groups in total. The van der Waals surface area contributed by atoms with E-state index in [1.165, 1.54) is 0 Å². The smallest absolute Gasteiger partial charge is 0.205 e. The van der Waals surface area contributed by atoms with Crippen molar-refractivity contribution >= 4 is 5.95 Å². The zero-order valence-corrected chi connectivity index (χ0v) is 12.7. The quantitative estimate of drug-likeness (QED) is 0.693. The maximum atomic E-state index is 6.08. The number of hydrogen-bond donors (Lipinski definition) is 1. The Balaban J connectivity index is 2.47. The Hall–Kier alpha value is -1.07. The molecule has 0 aromatic carbocycles. The number of nitrogens with zero attached hydrogens (tertiary/aromatic N) is 3. The van der Waals surface area contributed by atoms with E-state index >= 15 is 0 Å². The number of ether oxygens (including phenoxy) is 1. The fraction of sp³-hybridized carbons (Fsp3) is 0.786. The van der Waals surface area contributed by atoms with E-state index in [0.717, 1.165) is 38.5 Å². The summed E-state index contributed by atoms with van der Waals surface area (Å²) in [7, 11) is 3.80. The van der Waals surface area contributed by atoms with Gasteiger partial charge in [-0.05, 0) is 18.8 Å². The van der Waals surface area contributed by atoms with Crippen molar-refractivity contribution in [1.29, 1.82) is 0 Å². The predicted octanol–water partition coefficient (Wildman–Crippen LogP) is 1.73. The first-order valence-electron chi connectivity index (χ1n) is 7.03. The van der Waals surface area contributed by atoms with E-state index in [1.54, 1.807) is 7.11 Å². The van der Waals surface area contributed by atoms with Gasteiger partial charge < -0.3 is 19.9 Å². The molecule has 0 saturated heterocycles. The van der Waals surface area contributed by atoms with Gasteiger partial charge in [0.1, 0.15) is 0 Å². The fourth-order valence-corrected chi connectivity index (χ4v) is 1.97. The van der Waals surface area contributed by atoms with Crippen molar-refractivity contribution in [2.24, 2.45) is 11.7 Å². The number of aromatic nitrogens is 2. The molecular formula is C14H28N4O. The molecule has 19 heavy (non-hydrogen) atoms. The number of methoxy groups -OCH3 is 1. The molecule has 0 saturated carbocycles. The van der Waals surface area contributed by atoms with E-state index in [2.05, 4.69) is 35.3 Å². The summed E-state index contributed by atoms with van der Waals surface area (Å²) in [6.07, 6.45) is 5.85. The minimum absolute atomic E-state index is 0.249. The molecule has 0 fully saturated rings. The lowest BCUT2D eigenvalue weighted by Gasteiger charge is -2.23. The number of imidazole rings is 1. The average molecular weight is 268 g/mol. The first kappa shape index (κ1) is 16.0. The maximum absolute atomic E-state index is 6.08. The van der Waals surface area contributed by atoms with Gasteiger partial charge in [0.2, 0.25) is 5.95 Å². The summed E-state index contributed by atoms with van der Waals surface area (Å²) in [4.78, 5) is 6.60. The normalized spacial score (nSPS) is 12.9. The van der Waals surface area contributed by atoms with Crippen LogP contribution in [0.4, 0.5) is 5.95 Å². The molecule has 0 amide bonds. The number of aryl methyl sites for hydroxylation is 1. The molecule has 0 bridgehead atoms. The Morgan fingerprint density at radius 3 is 2.84 bits per heavy atom. The van der Waals surface area contributed by atoms with Crippen molar-refractivity contribution in [3.8, 4) is 0 Å². The summed E-state index contributed by atoms with van der Waals surface area (Å²) in [5, 5.41) is 0. The second-order valence-corrected chi connectivity index (χ2v) is 5.39. The lowest BCUT2D eigenvalue weighted by Crippen LogP contribution is -2.32. The summed E-state index contributed by atoms with van der Waals surface area (Å²) in [5.41, 5.74) is 6.08. The molecule has 1 unspecified atom stereocenters. The predicted molar refractivity (Wildman–Crippen MR) is 79.4 cm³/mol. The van der Waals surface area contributed by atoms with E-state index in [9.17, 15) is 0 Å². The van der Waals surface area contributed by atoms with Crippen molar-refractivity contribution < 1.29 is 4.74 Å². The Morgan fingerprint density at radius 1 is 1.47 bits per heavy atom. The van der Waals surface area contributed by atoms with Crippen LogP contribution < -0.4 is 10.6 Å². The van der Waals surface area contributed by atoms with Gasteiger partial charge in [0.25, 0.3) is 0 Å². The zero-order valence-electron chi connectivity index (χ0n) is 12.7. The van der Waals surface area contributed by atoms with Crippen LogP contribution in [0.25, 0.3) is 0 Å². The molecular weight excluding hydrogens is 240 g/mol. The molecule has 0 aliphatic carbocycles. The summed E-state index contributed by atoms with van der Waals surface area (Å²) in [5.74, 6) is 1.53. The Bertz CT molecular complexity index is 351. The number of hydrogen-bond acceptors (Lipinski definition) is 4. The Morgan fingerprint density at radius 2 is 2.21 bits per heavy atom. The van der Waals surface area contributed by atoms with Gasteiger partial charge in [-0.1, -0.05) is 13.8 Å². The lowest BCUT2D eigenvalue weighted by atomic mass is 10.0. The minimum Gasteiger partial charge on any atom is -0.385 e. The van der Waals surface area contributed by atoms with Crippen molar-refractivity contribution in [2.75, 3.05) is 32.2 Å². The zero-order chi connectivity index (χ0) is 14.3. The molecule has 1 heterocycles. The van der Waals surface area contributed by atoms with Crippen molar-refractivity contribution in [3.05, 3.63) is 12.4 Å². The van der Waals surface area contributed by atoms with Crippen LogP contribution in [0.15, 0.2) is 12.4 Å². The second-order valence-electron chi connectivity index (χ2n) is 5.39. The topological polar surface area (TPSA) is 56.3 Å².